The minimum absolute atomic E-state index is 0.0452. The summed E-state index contributed by atoms with van der Waals surface area (Å²) in [7, 11) is 0. The van der Waals surface area contributed by atoms with Crippen molar-refractivity contribution in [3.05, 3.63) is 23.7 Å². The van der Waals surface area contributed by atoms with E-state index in [0.717, 1.165) is 24.7 Å². The number of hydrogen-bond donors (Lipinski definition) is 3. The van der Waals surface area contributed by atoms with E-state index in [0.29, 0.717) is 12.1 Å². The molecule has 8 nitrogen and oxygen atoms in total. The molecule has 1 amide bonds. The van der Waals surface area contributed by atoms with E-state index in [1.807, 2.05) is 0 Å². The summed E-state index contributed by atoms with van der Waals surface area (Å²) >= 11 is 0. The number of halogens is 3. The van der Waals surface area contributed by atoms with E-state index in [2.05, 4.69) is 25.7 Å². The zero-order valence-corrected chi connectivity index (χ0v) is 16.0. The third kappa shape index (κ3) is 3.60. The number of carbonyl (C=O) groups excluding carboxylic acids is 1. The van der Waals surface area contributed by atoms with Crippen molar-refractivity contribution in [2.24, 2.45) is 11.1 Å². The van der Waals surface area contributed by atoms with Crippen LogP contribution in [0.3, 0.4) is 0 Å². The van der Waals surface area contributed by atoms with Gasteiger partial charge in [-0.2, -0.15) is 23.3 Å². The van der Waals surface area contributed by atoms with Gasteiger partial charge in [0.15, 0.2) is 0 Å². The Morgan fingerprint density at radius 3 is 2.69 bits per heavy atom. The lowest BCUT2D eigenvalue weighted by Gasteiger charge is -2.13. The second-order valence-electron chi connectivity index (χ2n) is 7.79. The first-order valence-corrected chi connectivity index (χ1v) is 9.47. The molecule has 0 spiro atoms. The largest absolute Gasteiger partial charge is 0.421 e. The van der Waals surface area contributed by atoms with Gasteiger partial charge in [-0.3, -0.25) is 9.48 Å². The zero-order valence-electron chi connectivity index (χ0n) is 16.0. The monoisotopic (exact) mass is 409 g/mol. The summed E-state index contributed by atoms with van der Waals surface area (Å²) in [5.41, 5.74) is 5.37. The topological polar surface area (TPSA) is 111 Å². The molecule has 4 N–H and O–H groups in total. The van der Waals surface area contributed by atoms with Gasteiger partial charge in [0.1, 0.15) is 11.4 Å². The van der Waals surface area contributed by atoms with Crippen molar-refractivity contribution in [1.82, 2.24) is 19.7 Å². The predicted molar refractivity (Wildman–Crippen MR) is 99.6 cm³/mol. The van der Waals surface area contributed by atoms with Crippen LogP contribution in [0, 0.1) is 5.41 Å². The number of anilines is 3. The zero-order chi connectivity index (χ0) is 21.0. The summed E-state index contributed by atoms with van der Waals surface area (Å²) in [4.78, 5) is 19.5. The number of amides is 1. The summed E-state index contributed by atoms with van der Waals surface area (Å²) in [5.74, 6) is -0.327. The number of nitrogens with one attached hydrogen (secondary N) is 2. The van der Waals surface area contributed by atoms with Crippen molar-refractivity contribution in [2.75, 3.05) is 17.2 Å². The van der Waals surface area contributed by atoms with Gasteiger partial charge < -0.3 is 16.4 Å². The molecular formula is C18H22F3N7O. The minimum Gasteiger partial charge on any atom is -0.370 e. The molecule has 2 aliphatic carbocycles. The van der Waals surface area contributed by atoms with E-state index < -0.39 is 17.2 Å². The molecular weight excluding hydrogens is 387 g/mol. The maximum absolute atomic E-state index is 13.2. The number of primary amides is 1. The number of aromatic nitrogens is 4. The quantitative estimate of drug-likeness (QED) is 0.648. The number of nitrogens with two attached hydrogens (primary N) is 1. The van der Waals surface area contributed by atoms with Crippen LogP contribution in [0.2, 0.25) is 0 Å². The van der Waals surface area contributed by atoms with Crippen molar-refractivity contribution in [1.29, 1.82) is 0 Å². The van der Waals surface area contributed by atoms with Gasteiger partial charge in [-0.25, -0.2) is 4.98 Å². The van der Waals surface area contributed by atoms with E-state index in [-0.39, 0.29) is 36.2 Å². The van der Waals surface area contributed by atoms with Crippen LogP contribution in [0.1, 0.15) is 56.3 Å². The van der Waals surface area contributed by atoms with E-state index in [4.69, 9.17) is 5.73 Å². The predicted octanol–water partition coefficient (Wildman–Crippen LogP) is 3.18. The first-order chi connectivity index (χ1) is 13.6. The summed E-state index contributed by atoms with van der Waals surface area (Å²) in [6.07, 6.45) is 0.542. The highest BCUT2D eigenvalue weighted by Gasteiger charge is 2.57. The Morgan fingerprint density at radius 1 is 1.41 bits per heavy atom. The number of hydrogen-bond acceptors (Lipinski definition) is 6. The second kappa shape index (κ2) is 6.60. The highest BCUT2D eigenvalue weighted by atomic mass is 19.4. The van der Waals surface area contributed by atoms with Gasteiger partial charge in [-0.15, -0.1) is 0 Å². The van der Waals surface area contributed by atoms with Gasteiger partial charge in [-0.1, -0.05) is 0 Å². The van der Waals surface area contributed by atoms with Crippen LogP contribution in [0.5, 0.6) is 0 Å². The normalized spacial score (nSPS) is 23.7. The van der Waals surface area contributed by atoms with Crippen LogP contribution in [-0.2, 0) is 11.0 Å². The maximum Gasteiger partial charge on any atom is 0.421 e. The van der Waals surface area contributed by atoms with Crippen LogP contribution >= 0.6 is 0 Å². The van der Waals surface area contributed by atoms with E-state index >= 15 is 0 Å². The van der Waals surface area contributed by atoms with Crippen molar-refractivity contribution in [2.45, 2.75) is 51.2 Å². The smallest absolute Gasteiger partial charge is 0.370 e. The summed E-state index contributed by atoms with van der Waals surface area (Å²) < 4.78 is 41.2. The Bertz CT molecular complexity index is 953. The molecule has 0 aromatic carbocycles. The van der Waals surface area contributed by atoms with Crippen LogP contribution in [0.25, 0.3) is 0 Å². The molecule has 2 saturated carbocycles. The average molecular weight is 409 g/mol. The summed E-state index contributed by atoms with van der Waals surface area (Å²) in [6.45, 7) is 3.78. The Morgan fingerprint density at radius 2 is 2.14 bits per heavy atom. The fourth-order valence-corrected chi connectivity index (χ4v) is 3.39. The van der Waals surface area contributed by atoms with Gasteiger partial charge >= 0.3 is 6.18 Å². The lowest BCUT2D eigenvalue weighted by Crippen LogP contribution is -2.24. The van der Waals surface area contributed by atoms with E-state index in [1.54, 1.807) is 24.7 Å². The number of rotatable bonds is 7. The highest BCUT2D eigenvalue weighted by Crippen LogP contribution is 2.56. The second-order valence-corrected chi connectivity index (χ2v) is 7.79. The van der Waals surface area contributed by atoms with E-state index in [9.17, 15) is 18.0 Å². The molecule has 4 rings (SSSR count). The minimum atomic E-state index is -4.55. The molecule has 2 heterocycles. The fourth-order valence-electron chi connectivity index (χ4n) is 3.39. The van der Waals surface area contributed by atoms with Crippen LogP contribution in [-0.4, -0.2) is 32.2 Å². The molecule has 11 heteroatoms. The number of carbonyl (C=O) groups is 1. The fraction of sp³-hybridized carbons (Fsp3) is 0.556. The Labute approximate surface area is 165 Å². The number of nitrogens with zero attached hydrogens (tertiary/aromatic N) is 4. The summed E-state index contributed by atoms with van der Waals surface area (Å²) in [6, 6.07) is -0.126. The molecule has 2 atom stereocenters. The van der Waals surface area contributed by atoms with Crippen LogP contribution in [0.15, 0.2) is 12.4 Å². The molecule has 29 heavy (non-hydrogen) atoms. The van der Waals surface area contributed by atoms with Gasteiger partial charge in [-0.05, 0) is 33.1 Å². The van der Waals surface area contributed by atoms with Crippen molar-refractivity contribution >= 4 is 23.4 Å². The van der Waals surface area contributed by atoms with E-state index in [1.165, 1.54) is 0 Å². The first kappa shape index (κ1) is 19.5. The molecule has 0 radical (unpaired) electrons. The van der Waals surface area contributed by atoms with Crippen LogP contribution in [0.4, 0.5) is 30.6 Å². The standard InChI is InChI=1S/C18H22F3N7O/c1-3-23-14-10(18(19,20)21)7-24-16(26-14)25-11-8-28(27-13(11)9-4-5-9)12-6-17(12,2)15(22)29/h7-9,12H,3-6H2,1-2H3,(H2,22,29)(H2,23,24,25,26). The molecule has 2 fully saturated rings. The third-order valence-electron chi connectivity index (χ3n) is 5.48. The Hall–Kier alpha value is -2.85. The summed E-state index contributed by atoms with van der Waals surface area (Å²) in [5, 5.41) is 10.3. The molecule has 2 aromatic heterocycles. The van der Waals surface area contributed by atoms with Crippen molar-refractivity contribution in [3.63, 3.8) is 0 Å². The lowest BCUT2D eigenvalue weighted by atomic mass is 10.1. The lowest BCUT2D eigenvalue weighted by molar-refractivity contribution is -0.137. The van der Waals surface area contributed by atoms with Gasteiger partial charge in [0.05, 0.1) is 22.8 Å². The first-order valence-electron chi connectivity index (χ1n) is 9.47. The molecule has 0 aliphatic heterocycles. The SMILES string of the molecule is CCNc1nc(Nc2cn(C3CC3(C)C(N)=O)nc2C2CC2)ncc1C(F)(F)F. The van der Waals surface area contributed by atoms with Gasteiger partial charge in [0.2, 0.25) is 11.9 Å². The molecule has 0 saturated heterocycles. The molecule has 156 valence electrons. The average Bonchev–Trinajstić information content (AvgIpc) is 3.54. The van der Waals surface area contributed by atoms with Crippen molar-refractivity contribution in [3.8, 4) is 0 Å². The Balaban J connectivity index is 1.63. The van der Waals surface area contributed by atoms with Crippen LogP contribution < -0.4 is 16.4 Å². The highest BCUT2D eigenvalue weighted by molar-refractivity contribution is 5.84. The van der Waals surface area contributed by atoms with Gasteiger partial charge in [0, 0.05) is 24.9 Å². The van der Waals surface area contributed by atoms with Gasteiger partial charge in [0.25, 0.3) is 0 Å². The molecule has 2 unspecified atom stereocenters. The van der Waals surface area contributed by atoms with Crippen molar-refractivity contribution < 1.29 is 18.0 Å². The number of alkyl halides is 3. The maximum atomic E-state index is 13.2. The Kier molecular flexibility index (Phi) is 4.43. The molecule has 0 bridgehead atoms. The molecule has 2 aromatic rings. The molecule has 2 aliphatic rings. The third-order valence-corrected chi connectivity index (χ3v) is 5.48.